The van der Waals surface area contributed by atoms with Crippen LogP contribution < -0.4 is 10.1 Å². The summed E-state index contributed by atoms with van der Waals surface area (Å²) in [7, 11) is 0. The number of aromatic nitrogens is 1. The molecule has 0 saturated heterocycles. The predicted octanol–water partition coefficient (Wildman–Crippen LogP) is 4.54. The smallest absolute Gasteiger partial charge is 0.265 e. The van der Waals surface area contributed by atoms with Crippen LogP contribution in [0.15, 0.2) is 59.2 Å². The maximum absolute atomic E-state index is 13.1. The second-order valence-electron chi connectivity index (χ2n) is 5.20. The molecule has 0 bridgehead atoms. The van der Waals surface area contributed by atoms with Crippen LogP contribution in [0.4, 0.5) is 10.1 Å². The number of ether oxygens (including phenoxy) is 1. The molecule has 24 heavy (non-hydrogen) atoms. The summed E-state index contributed by atoms with van der Waals surface area (Å²) in [6.07, 6.45) is 0.949. The summed E-state index contributed by atoms with van der Waals surface area (Å²) < 4.78 is 19.2. The minimum atomic E-state index is -0.751. The molecule has 3 rings (SSSR count). The normalized spacial score (nSPS) is 12.0. The van der Waals surface area contributed by atoms with Crippen LogP contribution in [0.5, 0.6) is 5.75 Å². The lowest BCUT2D eigenvalue weighted by Crippen LogP contribution is -2.30. The lowest BCUT2D eigenvalue weighted by atomic mass is 10.2. The van der Waals surface area contributed by atoms with Gasteiger partial charge in [0.2, 0.25) is 0 Å². The first-order valence-electron chi connectivity index (χ1n) is 7.31. The molecular weight excluding hydrogens is 375 g/mol. The van der Waals surface area contributed by atoms with Crippen molar-refractivity contribution in [3.05, 3.63) is 65.0 Å². The predicted molar refractivity (Wildman–Crippen MR) is 94.6 cm³/mol. The van der Waals surface area contributed by atoms with E-state index in [0.29, 0.717) is 15.9 Å². The largest absolute Gasteiger partial charge is 0.480 e. The van der Waals surface area contributed by atoms with Crippen molar-refractivity contribution >= 4 is 38.4 Å². The Balaban J connectivity index is 1.76. The third-order valence-corrected chi connectivity index (χ3v) is 4.09. The van der Waals surface area contributed by atoms with E-state index in [1.165, 1.54) is 18.2 Å². The number of anilines is 1. The molecule has 0 aliphatic heterocycles. The molecule has 1 unspecified atom stereocenters. The summed E-state index contributed by atoms with van der Waals surface area (Å²) in [6, 6.07) is 13.3. The molecule has 3 aromatic rings. The highest BCUT2D eigenvalue weighted by atomic mass is 79.9. The zero-order valence-electron chi connectivity index (χ0n) is 12.8. The molecule has 0 radical (unpaired) electrons. The van der Waals surface area contributed by atoms with Crippen LogP contribution in [-0.2, 0) is 4.79 Å². The van der Waals surface area contributed by atoms with E-state index >= 15 is 0 Å². The van der Waals surface area contributed by atoms with E-state index in [0.717, 1.165) is 10.9 Å². The van der Waals surface area contributed by atoms with Gasteiger partial charge < -0.3 is 10.1 Å². The first kappa shape index (κ1) is 16.4. The molecule has 0 aliphatic rings. The topological polar surface area (TPSA) is 51.2 Å². The van der Waals surface area contributed by atoms with E-state index in [2.05, 4.69) is 26.2 Å². The van der Waals surface area contributed by atoms with E-state index in [1.54, 1.807) is 13.1 Å². The van der Waals surface area contributed by atoms with Crippen molar-refractivity contribution in [1.29, 1.82) is 0 Å². The van der Waals surface area contributed by atoms with E-state index < -0.39 is 6.10 Å². The number of nitrogens with zero attached hydrogens (tertiary/aromatic N) is 1. The van der Waals surface area contributed by atoms with Crippen molar-refractivity contribution in [2.45, 2.75) is 13.0 Å². The van der Waals surface area contributed by atoms with Crippen molar-refractivity contribution in [3.8, 4) is 5.75 Å². The third-order valence-electron chi connectivity index (χ3n) is 3.47. The molecule has 122 valence electrons. The molecule has 1 N–H and O–H groups in total. The van der Waals surface area contributed by atoms with Gasteiger partial charge in [0.05, 0.1) is 15.7 Å². The Kier molecular flexibility index (Phi) is 4.76. The summed E-state index contributed by atoms with van der Waals surface area (Å²) in [5.74, 6) is -0.282. The van der Waals surface area contributed by atoms with E-state index in [1.807, 2.05) is 30.3 Å². The van der Waals surface area contributed by atoms with Crippen molar-refractivity contribution < 1.29 is 13.9 Å². The fourth-order valence-electron chi connectivity index (χ4n) is 2.26. The minimum absolute atomic E-state index is 0.303. The summed E-state index contributed by atoms with van der Waals surface area (Å²) >= 11 is 3.22. The number of carbonyl (C=O) groups is 1. The monoisotopic (exact) mass is 388 g/mol. The number of fused-ring (bicyclic) bond motifs is 1. The molecule has 1 atom stereocenters. The van der Waals surface area contributed by atoms with Gasteiger partial charge in [-0.1, -0.05) is 6.07 Å². The van der Waals surface area contributed by atoms with Crippen LogP contribution in [0.3, 0.4) is 0 Å². The standard InChI is InChI=1S/C18H14BrFN2O2/c1-11(24-17-8-7-12(20)10-14(17)19)18(23)22-16-6-2-5-15-13(16)4-3-9-21-15/h2-11H,1H3,(H,22,23). The van der Waals surface area contributed by atoms with Crippen LogP contribution in [-0.4, -0.2) is 17.0 Å². The van der Waals surface area contributed by atoms with Crippen molar-refractivity contribution in [3.63, 3.8) is 0 Å². The van der Waals surface area contributed by atoms with Gasteiger partial charge >= 0.3 is 0 Å². The Bertz CT molecular complexity index is 896. The molecule has 1 aromatic heterocycles. The Morgan fingerprint density at radius 3 is 2.88 bits per heavy atom. The summed E-state index contributed by atoms with van der Waals surface area (Å²) in [6.45, 7) is 1.63. The number of hydrogen-bond donors (Lipinski definition) is 1. The number of hydrogen-bond acceptors (Lipinski definition) is 3. The van der Waals surface area contributed by atoms with Gasteiger partial charge in [-0.05, 0) is 65.3 Å². The van der Waals surface area contributed by atoms with Crippen LogP contribution >= 0.6 is 15.9 Å². The van der Waals surface area contributed by atoms with Crippen LogP contribution in [0.25, 0.3) is 10.9 Å². The molecule has 1 heterocycles. The summed E-state index contributed by atoms with van der Waals surface area (Å²) in [4.78, 5) is 16.7. The Morgan fingerprint density at radius 2 is 2.08 bits per heavy atom. The van der Waals surface area contributed by atoms with Gasteiger partial charge in [0.1, 0.15) is 11.6 Å². The Hall–Kier alpha value is -2.47. The van der Waals surface area contributed by atoms with Crippen LogP contribution in [0.1, 0.15) is 6.92 Å². The van der Waals surface area contributed by atoms with Crippen molar-refractivity contribution in [2.75, 3.05) is 5.32 Å². The number of rotatable bonds is 4. The maximum atomic E-state index is 13.1. The first-order valence-corrected chi connectivity index (χ1v) is 8.10. The number of halogens is 2. The number of amides is 1. The Morgan fingerprint density at radius 1 is 1.25 bits per heavy atom. The number of pyridine rings is 1. The van der Waals surface area contributed by atoms with Crippen LogP contribution in [0, 0.1) is 5.82 Å². The average Bonchev–Trinajstić information content (AvgIpc) is 2.57. The molecule has 0 aliphatic carbocycles. The second kappa shape index (κ2) is 6.97. The highest BCUT2D eigenvalue weighted by molar-refractivity contribution is 9.10. The molecule has 6 heteroatoms. The maximum Gasteiger partial charge on any atom is 0.265 e. The third kappa shape index (κ3) is 3.54. The lowest BCUT2D eigenvalue weighted by Gasteiger charge is -2.16. The number of carbonyl (C=O) groups excluding carboxylic acids is 1. The van der Waals surface area contributed by atoms with Gasteiger partial charge in [0, 0.05) is 11.6 Å². The lowest BCUT2D eigenvalue weighted by molar-refractivity contribution is -0.122. The molecule has 0 saturated carbocycles. The first-order chi connectivity index (χ1) is 11.5. The fourth-order valence-corrected chi connectivity index (χ4v) is 2.71. The van der Waals surface area contributed by atoms with E-state index in [-0.39, 0.29) is 11.7 Å². The van der Waals surface area contributed by atoms with E-state index in [4.69, 9.17) is 4.74 Å². The van der Waals surface area contributed by atoms with Gasteiger partial charge in [-0.2, -0.15) is 0 Å². The van der Waals surface area contributed by atoms with Gasteiger partial charge in [0.25, 0.3) is 5.91 Å². The highest BCUT2D eigenvalue weighted by Crippen LogP contribution is 2.27. The van der Waals surface area contributed by atoms with E-state index in [9.17, 15) is 9.18 Å². The molecule has 0 spiro atoms. The highest BCUT2D eigenvalue weighted by Gasteiger charge is 2.17. The average molecular weight is 389 g/mol. The van der Waals surface area contributed by atoms with Gasteiger partial charge in [-0.15, -0.1) is 0 Å². The summed E-state index contributed by atoms with van der Waals surface area (Å²) in [5.41, 5.74) is 1.46. The second-order valence-corrected chi connectivity index (χ2v) is 6.05. The van der Waals surface area contributed by atoms with Crippen LogP contribution in [0.2, 0.25) is 0 Å². The molecule has 2 aromatic carbocycles. The fraction of sp³-hybridized carbons (Fsp3) is 0.111. The Labute approximate surface area is 146 Å². The SMILES string of the molecule is CC(Oc1ccc(F)cc1Br)C(=O)Nc1cccc2ncccc12. The molecular formula is C18H14BrFN2O2. The van der Waals surface area contributed by atoms with Gasteiger partial charge in [0.15, 0.2) is 6.10 Å². The van der Waals surface area contributed by atoms with Gasteiger partial charge in [-0.25, -0.2) is 4.39 Å². The minimum Gasteiger partial charge on any atom is -0.480 e. The number of nitrogens with one attached hydrogen (secondary N) is 1. The number of benzene rings is 2. The zero-order chi connectivity index (χ0) is 17.1. The molecule has 1 amide bonds. The van der Waals surface area contributed by atoms with Crippen molar-refractivity contribution in [2.24, 2.45) is 0 Å². The quantitative estimate of drug-likeness (QED) is 0.713. The summed E-state index contributed by atoms with van der Waals surface area (Å²) in [5, 5.41) is 3.69. The van der Waals surface area contributed by atoms with Gasteiger partial charge in [-0.3, -0.25) is 9.78 Å². The molecule has 0 fully saturated rings. The van der Waals surface area contributed by atoms with Crippen molar-refractivity contribution in [1.82, 2.24) is 4.98 Å². The zero-order valence-corrected chi connectivity index (χ0v) is 14.4. The molecule has 4 nitrogen and oxygen atoms in total.